The van der Waals surface area contributed by atoms with E-state index in [0.29, 0.717) is 12.8 Å². The molecule has 1 aliphatic carbocycles. The molecular weight excluding hydrogens is 290 g/mol. The van der Waals surface area contributed by atoms with Crippen LogP contribution in [0.4, 0.5) is 5.69 Å². The number of carbonyl (C=O) groups is 2. The number of likely N-dealkylation sites (N-methyl/N-ethyl adjacent to an activating group) is 1. The van der Waals surface area contributed by atoms with Crippen LogP contribution in [0, 0.1) is 13.8 Å². The first-order valence-corrected chi connectivity index (χ1v) is 8.24. The second kappa shape index (κ2) is 7.13. The fourth-order valence-corrected chi connectivity index (χ4v) is 3.14. The molecule has 1 saturated carbocycles. The van der Waals surface area contributed by atoms with Crippen molar-refractivity contribution in [3.63, 3.8) is 0 Å². The van der Waals surface area contributed by atoms with Crippen LogP contribution in [-0.2, 0) is 9.59 Å². The van der Waals surface area contributed by atoms with Crippen molar-refractivity contribution in [1.29, 1.82) is 0 Å². The summed E-state index contributed by atoms with van der Waals surface area (Å²) >= 11 is 0. The number of nitrogens with one attached hydrogen (secondary N) is 1. The van der Waals surface area contributed by atoms with Crippen molar-refractivity contribution in [1.82, 2.24) is 4.90 Å². The van der Waals surface area contributed by atoms with Gasteiger partial charge in [0, 0.05) is 12.7 Å². The van der Waals surface area contributed by atoms with Crippen LogP contribution in [-0.4, -0.2) is 35.8 Å². The maximum absolute atomic E-state index is 12.5. The zero-order valence-corrected chi connectivity index (χ0v) is 14.3. The van der Waals surface area contributed by atoms with Gasteiger partial charge in [-0.15, -0.1) is 0 Å². The van der Waals surface area contributed by atoms with Gasteiger partial charge in [0.25, 0.3) is 0 Å². The summed E-state index contributed by atoms with van der Waals surface area (Å²) in [6.45, 7) is 3.99. The van der Waals surface area contributed by atoms with Crippen LogP contribution in [0.5, 0.6) is 0 Å². The minimum absolute atomic E-state index is 0.0190. The van der Waals surface area contributed by atoms with Crippen LogP contribution < -0.4 is 11.1 Å². The summed E-state index contributed by atoms with van der Waals surface area (Å²) in [7, 11) is 1.65. The zero-order chi connectivity index (χ0) is 17.0. The van der Waals surface area contributed by atoms with Gasteiger partial charge in [-0.3, -0.25) is 9.59 Å². The number of nitrogens with two attached hydrogens (primary N) is 1. The molecule has 0 bridgehead atoms. The summed E-state index contributed by atoms with van der Waals surface area (Å²) in [5, 5.41) is 2.88. The standard InChI is InChI=1S/C18H27N3O2/c1-13-8-7-9-15(14(13)2)20-16(22)12-21(3)17(23)18(19)10-5-4-6-11-18/h7-9H,4-6,10-12,19H2,1-3H3,(H,20,22). The highest BCUT2D eigenvalue weighted by molar-refractivity contribution is 5.96. The number of rotatable bonds is 4. The molecule has 2 rings (SSSR count). The van der Waals surface area contributed by atoms with E-state index in [1.54, 1.807) is 7.05 Å². The average Bonchev–Trinajstić information content (AvgIpc) is 2.51. The molecule has 0 atom stereocenters. The summed E-state index contributed by atoms with van der Waals surface area (Å²) in [4.78, 5) is 26.2. The van der Waals surface area contributed by atoms with Gasteiger partial charge in [0.1, 0.15) is 0 Å². The molecule has 1 fully saturated rings. The first kappa shape index (κ1) is 17.5. The maximum atomic E-state index is 12.5. The van der Waals surface area contributed by atoms with Crippen molar-refractivity contribution in [3.8, 4) is 0 Å². The first-order chi connectivity index (χ1) is 10.8. The van der Waals surface area contributed by atoms with Gasteiger partial charge in [0.15, 0.2) is 0 Å². The predicted octanol–water partition coefficient (Wildman–Crippen LogP) is 2.36. The van der Waals surface area contributed by atoms with E-state index in [-0.39, 0.29) is 18.4 Å². The molecule has 0 heterocycles. The molecule has 2 amide bonds. The average molecular weight is 317 g/mol. The van der Waals surface area contributed by atoms with Crippen molar-refractivity contribution >= 4 is 17.5 Å². The third kappa shape index (κ3) is 4.10. The highest BCUT2D eigenvalue weighted by Gasteiger charge is 2.37. The smallest absolute Gasteiger partial charge is 0.243 e. The Morgan fingerprint density at radius 1 is 1.22 bits per heavy atom. The normalized spacial score (nSPS) is 16.7. The molecule has 0 saturated heterocycles. The number of benzene rings is 1. The molecule has 0 unspecified atom stereocenters. The van der Waals surface area contributed by atoms with Crippen LogP contribution in [0.15, 0.2) is 18.2 Å². The summed E-state index contributed by atoms with van der Waals surface area (Å²) in [5.74, 6) is -0.331. The Hall–Kier alpha value is -1.88. The Morgan fingerprint density at radius 3 is 2.52 bits per heavy atom. The van der Waals surface area contributed by atoms with Gasteiger partial charge in [-0.05, 0) is 43.9 Å². The molecule has 1 aromatic carbocycles. The largest absolute Gasteiger partial charge is 0.335 e. The van der Waals surface area contributed by atoms with Crippen LogP contribution in [0.3, 0.4) is 0 Å². The van der Waals surface area contributed by atoms with E-state index >= 15 is 0 Å². The number of carbonyl (C=O) groups excluding carboxylic acids is 2. The van der Waals surface area contributed by atoms with Crippen LogP contribution in [0.25, 0.3) is 0 Å². The summed E-state index contributed by atoms with van der Waals surface area (Å²) < 4.78 is 0. The lowest BCUT2D eigenvalue weighted by atomic mass is 9.81. The molecule has 0 radical (unpaired) electrons. The van der Waals surface area contributed by atoms with Gasteiger partial charge < -0.3 is 16.0 Å². The number of nitrogens with zero attached hydrogens (tertiary/aromatic N) is 1. The van der Waals surface area contributed by atoms with Crippen LogP contribution in [0.1, 0.15) is 43.2 Å². The number of hydrogen-bond acceptors (Lipinski definition) is 3. The second-order valence-corrected chi connectivity index (χ2v) is 6.67. The predicted molar refractivity (Wildman–Crippen MR) is 92.2 cm³/mol. The van der Waals surface area contributed by atoms with Gasteiger partial charge in [-0.25, -0.2) is 0 Å². The van der Waals surface area contributed by atoms with Crippen molar-refractivity contribution < 1.29 is 9.59 Å². The fraction of sp³-hybridized carbons (Fsp3) is 0.556. The molecule has 0 aliphatic heterocycles. The third-order valence-corrected chi connectivity index (χ3v) is 4.78. The Labute approximate surface area is 138 Å². The number of amides is 2. The zero-order valence-electron chi connectivity index (χ0n) is 14.3. The molecule has 5 nitrogen and oxygen atoms in total. The Bertz CT molecular complexity index is 592. The lowest BCUT2D eigenvalue weighted by Gasteiger charge is -2.35. The summed E-state index contributed by atoms with van der Waals surface area (Å²) in [6, 6.07) is 5.78. The number of aryl methyl sites for hydroxylation is 1. The molecule has 3 N–H and O–H groups in total. The molecule has 1 aromatic rings. The van der Waals surface area contributed by atoms with Crippen molar-refractivity contribution in [2.24, 2.45) is 5.73 Å². The molecule has 1 aliphatic rings. The van der Waals surface area contributed by atoms with Crippen molar-refractivity contribution in [2.45, 2.75) is 51.5 Å². The van der Waals surface area contributed by atoms with E-state index in [1.807, 2.05) is 32.0 Å². The molecule has 0 aromatic heterocycles. The topological polar surface area (TPSA) is 75.4 Å². The van der Waals surface area contributed by atoms with Crippen LogP contribution in [0.2, 0.25) is 0 Å². The Kier molecular flexibility index (Phi) is 5.42. The summed E-state index contributed by atoms with van der Waals surface area (Å²) in [5.41, 5.74) is 8.40. The number of anilines is 1. The third-order valence-electron chi connectivity index (χ3n) is 4.78. The highest BCUT2D eigenvalue weighted by Crippen LogP contribution is 2.27. The van der Waals surface area contributed by atoms with Gasteiger partial charge in [-0.1, -0.05) is 31.4 Å². The quantitative estimate of drug-likeness (QED) is 0.895. The lowest BCUT2D eigenvalue weighted by Crippen LogP contribution is -2.56. The highest BCUT2D eigenvalue weighted by atomic mass is 16.2. The Balaban J connectivity index is 1.96. The van der Waals surface area contributed by atoms with E-state index in [2.05, 4.69) is 5.32 Å². The van der Waals surface area contributed by atoms with Gasteiger partial charge >= 0.3 is 0 Å². The molecule has 5 heteroatoms. The first-order valence-electron chi connectivity index (χ1n) is 8.24. The van der Waals surface area contributed by atoms with E-state index in [0.717, 1.165) is 36.1 Å². The monoisotopic (exact) mass is 317 g/mol. The van der Waals surface area contributed by atoms with Crippen LogP contribution >= 0.6 is 0 Å². The van der Waals surface area contributed by atoms with E-state index < -0.39 is 5.54 Å². The van der Waals surface area contributed by atoms with Gasteiger partial charge in [0.05, 0.1) is 12.1 Å². The van der Waals surface area contributed by atoms with E-state index in [1.165, 1.54) is 4.90 Å². The fourth-order valence-electron chi connectivity index (χ4n) is 3.14. The Morgan fingerprint density at radius 2 is 1.87 bits per heavy atom. The SMILES string of the molecule is Cc1cccc(NC(=O)CN(C)C(=O)C2(N)CCCCC2)c1C. The van der Waals surface area contributed by atoms with Gasteiger partial charge in [-0.2, -0.15) is 0 Å². The number of hydrogen-bond donors (Lipinski definition) is 2. The maximum Gasteiger partial charge on any atom is 0.243 e. The molecule has 126 valence electrons. The minimum atomic E-state index is -0.799. The lowest BCUT2D eigenvalue weighted by molar-refractivity contribution is -0.139. The van der Waals surface area contributed by atoms with Crippen molar-refractivity contribution in [2.75, 3.05) is 18.9 Å². The van der Waals surface area contributed by atoms with E-state index in [9.17, 15) is 9.59 Å². The van der Waals surface area contributed by atoms with E-state index in [4.69, 9.17) is 5.73 Å². The minimum Gasteiger partial charge on any atom is -0.335 e. The van der Waals surface area contributed by atoms with Gasteiger partial charge in [0.2, 0.25) is 11.8 Å². The molecule has 0 spiro atoms. The molecule has 23 heavy (non-hydrogen) atoms. The molecular formula is C18H27N3O2. The second-order valence-electron chi connectivity index (χ2n) is 6.67. The summed E-state index contributed by atoms with van der Waals surface area (Å²) in [6.07, 6.45) is 4.49. The van der Waals surface area contributed by atoms with Crippen molar-refractivity contribution in [3.05, 3.63) is 29.3 Å².